The molecule has 176 valence electrons. The first-order valence-electron chi connectivity index (χ1n) is 10.8. The molecule has 10 nitrogen and oxygen atoms in total. The van der Waals surface area contributed by atoms with Crippen molar-refractivity contribution < 1.29 is 18.7 Å². The van der Waals surface area contributed by atoms with Crippen molar-refractivity contribution in [2.45, 2.75) is 49.7 Å². The highest BCUT2D eigenvalue weighted by atomic mass is 32.2. The Morgan fingerprint density at radius 1 is 1.21 bits per heavy atom. The van der Waals surface area contributed by atoms with Crippen LogP contribution in [0.2, 0.25) is 0 Å². The fourth-order valence-corrected chi connectivity index (χ4v) is 4.75. The van der Waals surface area contributed by atoms with E-state index in [0.29, 0.717) is 11.5 Å². The molecule has 33 heavy (non-hydrogen) atoms. The van der Waals surface area contributed by atoms with E-state index in [1.165, 1.54) is 37.1 Å². The molecule has 1 saturated heterocycles. The Morgan fingerprint density at radius 2 is 1.97 bits per heavy atom. The monoisotopic (exact) mass is 475 g/mol. The van der Waals surface area contributed by atoms with Crippen molar-refractivity contribution in [3.63, 3.8) is 0 Å². The zero-order valence-electron chi connectivity index (χ0n) is 18.2. The number of nitrogens with one attached hydrogen (secondary N) is 2. The standard InChI is InChI=1S/C21H26FN7O3S/c1-32-15-9-8-13(10-14(15)22)24-19-25-17(12-6-4-2-3-5-7-12)26-20(28-19)29(23)11-16-18(30)27-21(31)33-16/h8-10,12,16H,2-7,11,23H2,1H3,(H,27,30,31)(H,24,25,26,28). The van der Waals surface area contributed by atoms with Gasteiger partial charge in [0.25, 0.3) is 5.24 Å². The van der Waals surface area contributed by atoms with E-state index in [-0.39, 0.29) is 30.1 Å². The summed E-state index contributed by atoms with van der Waals surface area (Å²) in [6.45, 7) is 0.0486. The Balaban J connectivity index is 1.62. The normalized spacial score (nSPS) is 19.2. The van der Waals surface area contributed by atoms with Crippen LogP contribution in [-0.2, 0) is 4.79 Å². The van der Waals surface area contributed by atoms with Crippen LogP contribution in [0.4, 0.5) is 26.8 Å². The van der Waals surface area contributed by atoms with Gasteiger partial charge >= 0.3 is 0 Å². The Bertz CT molecular complexity index is 1030. The van der Waals surface area contributed by atoms with Crippen LogP contribution in [0.25, 0.3) is 0 Å². The van der Waals surface area contributed by atoms with Crippen LogP contribution >= 0.6 is 11.8 Å². The van der Waals surface area contributed by atoms with Gasteiger partial charge in [0, 0.05) is 17.7 Å². The molecule has 2 fully saturated rings. The zero-order valence-corrected chi connectivity index (χ0v) is 19.0. The number of hydrazine groups is 1. The van der Waals surface area contributed by atoms with Crippen LogP contribution in [0.15, 0.2) is 18.2 Å². The summed E-state index contributed by atoms with van der Waals surface area (Å²) in [5.41, 5.74) is 0.442. The summed E-state index contributed by atoms with van der Waals surface area (Å²) in [6, 6.07) is 4.45. The van der Waals surface area contributed by atoms with Gasteiger partial charge in [-0.3, -0.25) is 19.9 Å². The number of hydrogen-bond acceptors (Lipinski definition) is 10. The third kappa shape index (κ3) is 5.69. The van der Waals surface area contributed by atoms with Crippen molar-refractivity contribution in [2.24, 2.45) is 5.84 Å². The molecule has 1 aliphatic heterocycles. The largest absolute Gasteiger partial charge is 0.494 e. The fraction of sp³-hybridized carbons (Fsp3) is 0.476. The summed E-state index contributed by atoms with van der Waals surface area (Å²) in [4.78, 5) is 37.0. The maximum atomic E-state index is 14.2. The molecule has 1 atom stereocenters. The first-order valence-corrected chi connectivity index (χ1v) is 11.7. The number of rotatable bonds is 7. The summed E-state index contributed by atoms with van der Waals surface area (Å²) in [5, 5.41) is 5.44. The number of carbonyl (C=O) groups excluding carboxylic acids is 2. The van der Waals surface area contributed by atoms with Gasteiger partial charge in [0.15, 0.2) is 11.6 Å². The number of imide groups is 1. The number of thioether (sulfide) groups is 1. The lowest BCUT2D eigenvalue weighted by atomic mass is 10.00. The number of ether oxygens (including phenoxy) is 1. The number of nitrogens with two attached hydrogens (primary N) is 1. The second kappa shape index (κ2) is 10.3. The molecule has 4 N–H and O–H groups in total. The highest BCUT2D eigenvalue weighted by molar-refractivity contribution is 8.15. The molecule has 1 aliphatic carbocycles. The van der Waals surface area contributed by atoms with E-state index in [1.807, 2.05) is 0 Å². The molecule has 1 aromatic carbocycles. The highest BCUT2D eigenvalue weighted by Gasteiger charge is 2.33. The maximum Gasteiger partial charge on any atom is 0.286 e. The number of amides is 2. The molecule has 2 amide bonds. The minimum absolute atomic E-state index is 0.0486. The minimum Gasteiger partial charge on any atom is -0.494 e. The number of benzene rings is 1. The molecular formula is C21H26FN7O3S. The van der Waals surface area contributed by atoms with Crippen LogP contribution < -0.4 is 26.2 Å². The lowest BCUT2D eigenvalue weighted by molar-refractivity contribution is -0.118. The topological polar surface area (TPSA) is 135 Å². The molecule has 4 rings (SSSR count). The van der Waals surface area contributed by atoms with Crippen LogP contribution in [0.1, 0.15) is 50.3 Å². The average Bonchev–Trinajstić information content (AvgIpc) is 2.97. The number of aromatic nitrogens is 3. The molecule has 0 bridgehead atoms. The number of halogens is 1. The van der Waals surface area contributed by atoms with Crippen LogP contribution in [0.5, 0.6) is 5.75 Å². The van der Waals surface area contributed by atoms with Crippen LogP contribution in [-0.4, -0.2) is 45.0 Å². The minimum atomic E-state index is -0.660. The first kappa shape index (κ1) is 23.2. The predicted octanol–water partition coefficient (Wildman–Crippen LogP) is 3.23. The van der Waals surface area contributed by atoms with Gasteiger partial charge in [-0.25, -0.2) is 10.2 Å². The Labute approximate surface area is 194 Å². The smallest absolute Gasteiger partial charge is 0.286 e. The molecule has 0 radical (unpaired) electrons. The van der Waals surface area contributed by atoms with Gasteiger partial charge in [-0.05, 0) is 36.7 Å². The van der Waals surface area contributed by atoms with Gasteiger partial charge in [-0.2, -0.15) is 15.0 Å². The van der Waals surface area contributed by atoms with Crippen LogP contribution in [0, 0.1) is 5.82 Å². The highest BCUT2D eigenvalue weighted by Crippen LogP contribution is 2.31. The molecule has 1 aromatic heterocycles. The quantitative estimate of drug-likeness (QED) is 0.311. The molecule has 2 aliphatic rings. The third-order valence-electron chi connectivity index (χ3n) is 5.66. The number of anilines is 3. The summed E-state index contributed by atoms with van der Waals surface area (Å²) in [7, 11) is 1.40. The van der Waals surface area contributed by atoms with Gasteiger partial charge in [0.2, 0.25) is 17.8 Å². The molecule has 12 heteroatoms. The molecule has 1 saturated carbocycles. The second-order valence-corrected chi connectivity index (χ2v) is 9.19. The Hall–Kier alpha value is -2.99. The SMILES string of the molecule is COc1ccc(Nc2nc(C3CCCCCC3)nc(N(N)CC3SC(=O)NC3=O)n2)cc1F. The summed E-state index contributed by atoms with van der Waals surface area (Å²) >= 11 is 0.882. The average molecular weight is 476 g/mol. The van der Waals surface area contributed by atoms with Crippen molar-refractivity contribution >= 4 is 40.5 Å². The van der Waals surface area contributed by atoms with E-state index in [9.17, 15) is 14.0 Å². The molecule has 0 spiro atoms. The van der Waals surface area contributed by atoms with Crippen molar-refractivity contribution in [1.29, 1.82) is 0 Å². The summed E-state index contributed by atoms with van der Waals surface area (Å²) in [5.74, 6) is 6.58. The molecule has 2 heterocycles. The van der Waals surface area contributed by atoms with Gasteiger partial charge in [-0.15, -0.1) is 0 Å². The van der Waals surface area contributed by atoms with Gasteiger partial charge in [0.05, 0.1) is 13.7 Å². The number of carbonyl (C=O) groups is 2. The van der Waals surface area contributed by atoms with Crippen LogP contribution in [0.3, 0.4) is 0 Å². The van der Waals surface area contributed by atoms with E-state index in [1.54, 1.807) is 6.07 Å². The summed E-state index contributed by atoms with van der Waals surface area (Å²) < 4.78 is 19.1. The lowest BCUT2D eigenvalue weighted by Gasteiger charge is -2.21. The fourth-order valence-electron chi connectivity index (χ4n) is 3.93. The van der Waals surface area contributed by atoms with Crippen molar-refractivity contribution in [3.05, 3.63) is 29.8 Å². The zero-order chi connectivity index (χ0) is 23.4. The molecule has 1 unspecified atom stereocenters. The number of methoxy groups -OCH3 is 1. The van der Waals surface area contributed by atoms with Gasteiger partial charge < -0.3 is 10.1 Å². The van der Waals surface area contributed by atoms with E-state index in [2.05, 4.69) is 25.6 Å². The lowest BCUT2D eigenvalue weighted by Crippen LogP contribution is -2.41. The summed E-state index contributed by atoms with van der Waals surface area (Å²) in [6.07, 6.45) is 6.45. The molecule has 2 aromatic rings. The van der Waals surface area contributed by atoms with E-state index in [4.69, 9.17) is 10.6 Å². The van der Waals surface area contributed by atoms with E-state index < -0.39 is 22.2 Å². The molecular weight excluding hydrogens is 449 g/mol. The van der Waals surface area contributed by atoms with E-state index >= 15 is 0 Å². The predicted molar refractivity (Wildman–Crippen MR) is 123 cm³/mol. The Kier molecular flexibility index (Phi) is 7.23. The van der Waals surface area contributed by atoms with Crippen molar-refractivity contribution in [3.8, 4) is 5.75 Å². The first-order chi connectivity index (χ1) is 15.9. The maximum absolute atomic E-state index is 14.2. The van der Waals surface area contributed by atoms with E-state index in [0.717, 1.165) is 37.4 Å². The van der Waals surface area contributed by atoms with Crippen molar-refractivity contribution in [2.75, 3.05) is 24.0 Å². The number of hydrogen-bond donors (Lipinski definition) is 3. The van der Waals surface area contributed by atoms with Gasteiger partial charge in [-0.1, -0.05) is 25.7 Å². The Morgan fingerprint density at radius 3 is 2.61 bits per heavy atom. The van der Waals surface area contributed by atoms with Gasteiger partial charge in [0.1, 0.15) is 11.1 Å². The third-order valence-corrected chi connectivity index (χ3v) is 6.62. The number of nitrogens with zero attached hydrogens (tertiary/aromatic N) is 4. The van der Waals surface area contributed by atoms with Crippen molar-refractivity contribution in [1.82, 2.24) is 20.3 Å². The second-order valence-electron chi connectivity index (χ2n) is 8.02.